The van der Waals surface area contributed by atoms with E-state index in [2.05, 4.69) is 0 Å². The Morgan fingerprint density at radius 1 is 1.33 bits per heavy atom. The van der Waals surface area contributed by atoms with Crippen molar-refractivity contribution >= 4 is 20.7 Å². The van der Waals surface area contributed by atoms with E-state index in [0.717, 1.165) is 0 Å². The summed E-state index contributed by atoms with van der Waals surface area (Å²) in [6.07, 6.45) is 0. The summed E-state index contributed by atoms with van der Waals surface area (Å²) in [5, 5.41) is 3.28. The standard InChI is InChI=1S/C4H8OS/c1-3-6(5)4-2/h3-4H,1-2H3. The fraction of sp³-hybridized carbons (Fsp3) is 0.500. The van der Waals surface area contributed by atoms with Gasteiger partial charge in [0.2, 0.25) is 0 Å². The highest BCUT2D eigenvalue weighted by Crippen LogP contribution is 1.41. The van der Waals surface area contributed by atoms with Crippen LogP contribution in [-0.4, -0.2) is 14.9 Å². The Bertz CT molecular complexity index is 127. The fourth-order valence-electron chi connectivity index (χ4n) is 0.136. The van der Waals surface area contributed by atoms with Gasteiger partial charge in [0.25, 0.3) is 0 Å². The average molecular weight is 104 g/mol. The molecule has 0 unspecified atom stereocenters. The Morgan fingerprint density at radius 3 is 1.67 bits per heavy atom. The van der Waals surface area contributed by atoms with E-state index >= 15 is 0 Å². The highest BCUT2D eigenvalue weighted by Gasteiger charge is 1.49. The molecule has 0 fully saturated rings. The summed E-state index contributed by atoms with van der Waals surface area (Å²) < 4.78 is 10.2. The molecule has 0 aliphatic heterocycles. The van der Waals surface area contributed by atoms with Crippen LogP contribution >= 0.6 is 0 Å². The van der Waals surface area contributed by atoms with E-state index in [4.69, 9.17) is 0 Å². The first kappa shape index (κ1) is 5.76. The van der Waals surface area contributed by atoms with Gasteiger partial charge in [0.05, 0.1) is 0 Å². The molecule has 0 rings (SSSR count). The molecule has 0 saturated carbocycles. The van der Waals surface area contributed by atoms with Crippen molar-refractivity contribution in [3.63, 3.8) is 0 Å². The van der Waals surface area contributed by atoms with Gasteiger partial charge in [0.15, 0.2) is 0 Å². The predicted octanol–water partition coefficient (Wildman–Crippen LogP) is 0.379. The van der Waals surface area contributed by atoms with E-state index in [0.29, 0.717) is 0 Å². The van der Waals surface area contributed by atoms with Gasteiger partial charge in [-0.3, -0.25) is 0 Å². The minimum absolute atomic E-state index is 0.784. The van der Waals surface area contributed by atoms with Crippen molar-refractivity contribution in [2.45, 2.75) is 13.8 Å². The monoisotopic (exact) mass is 104 g/mol. The first-order chi connectivity index (χ1) is 2.81. The van der Waals surface area contributed by atoms with Crippen LogP contribution < -0.4 is 0 Å². The SMILES string of the molecule is CC=S(=O)=CC. The molecular weight excluding hydrogens is 96.1 g/mol. The van der Waals surface area contributed by atoms with Crippen molar-refractivity contribution in [1.82, 2.24) is 0 Å². The molecule has 0 heterocycles. The maximum absolute atomic E-state index is 10.2. The highest BCUT2D eigenvalue weighted by molar-refractivity contribution is 7.82. The van der Waals surface area contributed by atoms with Gasteiger partial charge in [-0.25, -0.2) is 4.21 Å². The summed E-state index contributed by atoms with van der Waals surface area (Å²) in [6.45, 7) is 3.55. The van der Waals surface area contributed by atoms with Crippen molar-refractivity contribution in [3.8, 4) is 0 Å². The van der Waals surface area contributed by atoms with Crippen molar-refractivity contribution in [2.75, 3.05) is 0 Å². The smallest absolute Gasteiger partial charge is 0.00204 e. The minimum atomic E-state index is -0.784. The van der Waals surface area contributed by atoms with Crippen LogP contribution in [0.15, 0.2) is 0 Å². The summed E-state index contributed by atoms with van der Waals surface area (Å²) >= 11 is 0. The van der Waals surface area contributed by atoms with Crippen LogP contribution in [0, 0.1) is 0 Å². The van der Waals surface area contributed by atoms with Gasteiger partial charge in [-0.05, 0) is 34.6 Å². The summed E-state index contributed by atoms with van der Waals surface area (Å²) in [4.78, 5) is 0. The maximum atomic E-state index is 10.2. The normalized spacial score (nSPS) is 7.00. The van der Waals surface area contributed by atoms with E-state index in [-0.39, 0.29) is 0 Å². The van der Waals surface area contributed by atoms with Gasteiger partial charge < -0.3 is 0 Å². The van der Waals surface area contributed by atoms with Crippen molar-refractivity contribution in [2.24, 2.45) is 0 Å². The number of rotatable bonds is 0. The number of hydrogen-bond acceptors (Lipinski definition) is 1. The lowest BCUT2D eigenvalue weighted by Crippen LogP contribution is -1.64. The molecule has 0 aromatic carbocycles. The molecule has 0 N–H and O–H groups in total. The van der Waals surface area contributed by atoms with Crippen LogP contribution in [-0.2, 0) is 9.98 Å². The molecule has 6 heavy (non-hydrogen) atoms. The van der Waals surface area contributed by atoms with Gasteiger partial charge in [0.1, 0.15) is 0 Å². The first-order valence-electron chi connectivity index (χ1n) is 1.79. The molecule has 0 aromatic rings. The van der Waals surface area contributed by atoms with Crippen LogP contribution in [0.5, 0.6) is 0 Å². The Hall–Kier alpha value is -0.240. The van der Waals surface area contributed by atoms with Gasteiger partial charge in [-0.2, -0.15) is 0 Å². The Morgan fingerprint density at radius 2 is 1.67 bits per heavy atom. The van der Waals surface area contributed by atoms with E-state index in [1.165, 1.54) is 0 Å². The van der Waals surface area contributed by atoms with Gasteiger partial charge in [0, 0.05) is 0 Å². The molecule has 0 aromatic heterocycles. The topological polar surface area (TPSA) is 17.1 Å². The van der Waals surface area contributed by atoms with E-state index < -0.39 is 9.98 Å². The van der Waals surface area contributed by atoms with Crippen molar-refractivity contribution in [3.05, 3.63) is 0 Å². The second-order valence-electron chi connectivity index (χ2n) is 0.800. The van der Waals surface area contributed by atoms with Gasteiger partial charge in [-0.15, -0.1) is 0 Å². The first-order valence-corrected chi connectivity index (χ1v) is 3.07. The second-order valence-corrected chi connectivity index (χ2v) is 2.40. The molecule has 0 spiro atoms. The zero-order valence-corrected chi connectivity index (χ0v) is 4.79. The largest absolute Gasteiger partial charge is 0.226 e. The Labute approximate surface area is 39.6 Å². The molecule has 2 heteroatoms. The number of hydrogen-bond donors (Lipinski definition) is 0. The highest BCUT2D eigenvalue weighted by atomic mass is 32.1. The van der Waals surface area contributed by atoms with Gasteiger partial charge >= 0.3 is 0 Å². The van der Waals surface area contributed by atoms with E-state index in [9.17, 15) is 4.21 Å². The molecule has 0 aliphatic carbocycles. The van der Waals surface area contributed by atoms with Crippen LogP contribution in [0.1, 0.15) is 13.8 Å². The van der Waals surface area contributed by atoms with Crippen LogP contribution in [0.2, 0.25) is 0 Å². The Kier molecular flexibility index (Phi) is 2.85. The molecule has 0 atom stereocenters. The lowest BCUT2D eigenvalue weighted by atomic mass is 11.0. The molecule has 1 nitrogen and oxygen atoms in total. The third-order valence-corrected chi connectivity index (χ3v) is 1.39. The van der Waals surface area contributed by atoms with Crippen molar-refractivity contribution in [1.29, 1.82) is 0 Å². The second kappa shape index (κ2) is 2.97. The van der Waals surface area contributed by atoms with Crippen LogP contribution in [0.4, 0.5) is 0 Å². The molecular formula is C4H8OS. The van der Waals surface area contributed by atoms with E-state index in [1.807, 2.05) is 0 Å². The minimum Gasteiger partial charge on any atom is -0.226 e. The van der Waals surface area contributed by atoms with Crippen LogP contribution in [0.25, 0.3) is 0 Å². The molecule has 0 radical (unpaired) electrons. The lowest BCUT2D eigenvalue weighted by Gasteiger charge is -1.54. The Balaban J connectivity index is 4.32. The summed E-state index contributed by atoms with van der Waals surface area (Å²) in [7, 11) is -0.784. The summed E-state index contributed by atoms with van der Waals surface area (Å²) in [5.74, 6) is 0. The molecule has 0 bridgehead atoms. The van der Waals surface area contributed by atoms with Crippen LogP contribution in [0.3, 0.4) is 0 Å². The third-order valence-electron chi connectivity index (χ3n) is 0.465. The molecule has 0 saturated heterocycles. The quantitative estimate of drug-likeness (QED) is 0.406. The molecule has 0 aliphatic rings. The zero-order valence-electron chi connectivity index (χ0n) is 3.97. The summed E-state index contributed by atoms with van der Waals surface area (Å²) in [5.41, 5.74) is 0. The van der Waals surface area contributed by atoms with Crippen molar-refractivity contribution < 1.29 is 4.21 Å². The average Bonchev–Trinajstić information content (AvgIpc) is 1.65. The fourth-order valence-corrected chi connectivity index (χ4v) is 0.408. The lowest BCUT2D eigenvalue weighted by molar-refractivity contribution is 0.699. The third kappa shape index (κ3) is 2.03. The maximum Gasteiger partial charge on any atom is -0.00204 e. The molecule has 36 valence electrons. The zero-order chi connectivity index (χ0) is 4.99. The van der Waals surface area contributed by atoms with Gasteiger partial charge in [-0.1, -0.05) is 0 Å². The molecule has 0 amide bonds. The predicted molar refractivity (Wildman–Crippen MR) is 31.6 cm³/mol. The summed E-state index contributed by atoms with van der Waals surface area (Å²) in [6, 6.07) is 0. The van der Waals surface area contributed by atoms with E-state index in [1.54, 1.807) is 24.6 Å².